The van der Waals surface area contributed by atoms with Crippen molar-refractivity contribution in [3.05, 3.63) is 70.3 Å². The molecular weight excluding hydrogens is 256 g/mol. The SMILES string of the molecule is CCNC(c1cc(F)cc(F)c1)c1ccc(C)c(C)c1. The van der Waals surface area contributed by atoms with Crippen LogP contribution < -0.4 is 5.32 Å². The summed E-state index contributed by atoms with van der Waals surface area (Å²) in [7, 11) is 0. The van der Waals surface area contributed by atoms with Crippen LogP contribution in [0.25, 0.3) is 0 Å². The lowest BCUT2D eigenvalue weighted by atomic mass is 9.95. The van der Waals surface area contributed by atoms with Gasteiger partial charge in [-0.3, -0.25) is 0 Å². The minimum Gasteiger partial charge on any atom is -0.307 e. The van der Waals surface area contributed by atoms with Crippen molar-refractivity contribution in [2.45, 2.75) is 26.8 Å². The fourth-order valence-electron chi connectivity index (χ4n) is 2.32. The molecule has 106 valence electrons. The van der Waals surface area contributed by atoms with E-state index in [0.717, 1.165) is 18.2 Å². The number of hydrogen-bond donors (Lipinski definition) is 1. The highest BCUT2D eigenvalue weighted by Gasteiger charge is 2.15. The molecule has 0 heterocycles. The molecule has 0 aromatic heterocycles. The average Bonchev–Trinajstić information content (AvgIpc) is 2.38. The van der Waals surface area contributed by atoms with Crippen LogP contribution in [0.3, 0.4) is 0 Å². The third-order valence-corrected chi connectivity index (χ3v) is 3.49. The first-order valence-electron chi connectivity index (χ1n) is 6.77. The van der Waals surface area contributed by atoms with Gasteiger partial charge in [0.15, 0.2) is 0 Å². The number of hydrogen-bond acceptors (Lipinski definition) is 1. The number of aryl methyl sites for hydroxylation is 2. The van der Waals surface area contributed by atoms with Crippen LogP contribution in [-0.4, -0.2) is 6.54 Å². The van der Waals surface area contributed by atoms with E-state index in [1.807, 2.05) is 32.9 Å². The summed E-state index contributed by atoms with van der Waals surface area (Å²) in [5.74, 6) is -1.10. The monoisotopic (exact) mass is 275 g/mol. The molecule has 2 rings (SSSR count). The second-order valence-corrected chi connectivity index (χ2v) is 5.04. The highest BCUT2D eigenvalue weighted by atomic mass is 19.1. The van der Waals surface area contributed by atoms with E-state index in [1.165, 1.54) is 23.3 Å². The average molecular weight is 275 g/mol. The van der Waals surface area contributed by atoms with E-state index >= 15 is 0 Å². The summed E-state index contributed by atoms with van der Waals surface area (Å²) in [5.41, 5.74) is 3.99. The summed E-state index contributed by atoms with van der Waals surface area (Å²) in [6.07, 6.45) is 0. The molecule has 0 amide bonds. The van der Waals surface area contributed by atoms with Crippen LogP contribution in [0.2, 0.25) is 0 Å². The Hall–Kier alpha value is -1.74. The van der Waals surface area contributed by atoms with E-state index < -0.39 is 11.6 Å². The van der Waals surface area contributed by atoms with Crippen molar-refractivity contribution in [3.63, 3.8) is 0 Å². The smallest absolute Gasteiger partial charge is 0.126 e. The fourth-order valence-corrected chi connectivity index (χ4v) is 2.32. The van der Waals surface area contributed by atoms with Gasteiger partial charge in [0.1, 0.15) is 11.6 Å². The summed E-state index contributed by atoms with van der Waals surface area (Å²) in [6.45, 7) is 6.77. The predicted molar refractivity (Wildman–Crippen MR) is 77.8 cm³/mol. The van der Waals surface area contributed by atoms with Crippen molar-refractivity contribution in [1.29, 1.82) is 0 Å². The quantitative estimate of drug-likeness (QED) is 0.878. The van der Waals surface area contributed by atoms with Gasteiger partial charge in [-0.05, 0) is 54.8 Å². The zero-order valence-corrected chi connectivity index (χ0v) is 12.0. The zero-order chi connectivity index (χ0) is 14.7. The van der Waals surface area contributed by atoms with Crippen LogP contribution in [0.1, 0.15) is 35.2 Å². The number of rotatable bonds is 4. The van der Waals surface area contributed by atoms with Crippen LogP contribution in [0, 0.1) is 25.5 Å². The molecule has 0 aliphatic rings. The normalized spacial score (nSPS) is 12.4. The summed E-state index contributed by atoms with van der Waals surface area (Å²) in [6, 6.07) is 9.54. The molecule has 1 unspecified atom stereocenters. The van der Waals surface area contributed by atoms with Crippen LogP contribution in [0.15, 0.2) is 36.4 Å². The summed E-state index contributed by atoms with van der Waals surface area (Å²) in [4.78, 5) is 0. The molecule has 0 saturated carbocycles. The van der Waals surface area contributed by atoms with Crippen molar-refractivity contribution < 1.29 is 8.78 Å². The van der Waals surface area contributed by atoms with E-state index in [9.17, 15) is 8.78 Å². The second kappa shape index (κ2) is 6.14. The van der Waals surface area contributed by atoms with E-state index in [2.05, 4.69) is 11.4 Å². The van der Waals surface area contributed by atoms with Crippen molar-refractivity contribution in [3.8, 4) is 0 Å². The maximum absolute atomic E-state index is 13.4. The molecule has 2 aromatic rings. The van der Waals surface area contributed by atoms with Gasteiger partial charge in [0.05, 0.1) is 6.04 Å². The van der Waals surface area contributed by atoms with Gasteiger partial charge in [0.2, 0.25) is 0 Å². The van der Waals surface area contributed by atoms with Gasteiger partial charge in [-0.15, -0.1) is 0 Å². The molecule has 3 heteroatoms. The fraction of sp³-hybridized carbons (Fsp3) is 0.294. The number of halogens is 2. The Morgan fingerprint density at radius 1 is 0.900 bits per heavy atom. The lowest BCUT2D eigenvalue weighted by Gasteiger charge is -2.20. The van der Waals surface area contributed by atoms with Crippen molar-refractivity contribution in [1.82, 2.24) is 5.32 Å². The Balaban J connectivity index is 2.46. The molecule has 2 aromatic carbocycles. The van der Waals surface area contributed by atoms with Gasteiger partial charge in [-0.25, -0.2) is 8.78 Å². The van der Waals surface area contributed by atoms with Gasteiger partial charge in [0, 0.05) is 6.07 Å². The summed E-state index contributed by atoms with van der Waals surface area (Å²) >= 11 is 0. The van der Waals surface area contributed by atoms with E-state index in [1.54, 1.807) is 0 Å². The Bertz CT molecular complexity index is 588. The standard InChI is InChI=1S/C17H19F2N/c1-4-20-17(13-6-5-11(2)12(3)7-13)14-8-15(18)10-16(19)9-14/h5-10,17,20H,4H2,1-3H3. The van der Waals surface area contributed by atoms with Crippen LogP contribution >= 0.6 is 0 Å². The zero-order valence-electron chi connectivity index (χ0n) is 12.0. The molecule has 0 bridgehead atoms. The minimum absolute atomic E-state index is 0.204. The molecule has 1 nitrogen and oxygen atoms in total. The Labute approximate surface area is 118 Å². The highest BCUT2D eigenvalue weighted by Crippen LogP contribution is 2.25. The Kier molecular flexibility index (Phi) is 4.50. The minimum atomic E-state index is -0.549. The summed E-state index contributed by atoms with van der Waals surface area (Å²) in [5, 5.41) is 3.28. The van der Waals surface area contributed by atoms with Gasteiger partial charge in [-0.2, -0.15) is 0 Å². The lowest BCUT2D eigenvalue weighted by molar-refractivity contribution is 0.565. The van der Waals surface area contributed by atoms with Gasteiger partial charge < -0.3 is 5.32 Å². The molecule has 0 fully saturated rings. The number of benzene rings is 2. The topological polar surface area (TPSA) is 12.0 Å². The van der Waals surface area contributed by atoms with Crippen molar-refractivity contribution in [2.24, 2.45) is 0 Å². The second-order valence-electron chi connectivity index (χ2n) is 5.04. The number of nitrogens with one attached hydrogen (secondary N) is 1. The molecule has 0 radical (unpaired) electrons. The van der Waals surface area contributed by atoms with E-state index in [4.69, 9.17) is 0 Å². The third kappa shape index (κ3) is 3.23. The van der Waals surface area contributed by atoms with Gasteiger partial charge in [-0.1, -0.05) is 25.1 Å². The molecule has 0 saturated heterocycles. The third-order valence-electron chi connectivity index (χ3n) is 3.49. The molecule has 1 atom stereocenters. The molecule has 20 heavy (non-hydrogen) atoms. The van der Waals surface area contributed by atoms with Crippen molar-refractivity contribution >= 4 is 0 Å². The molecule has 0 aliphatic carbocycles. The predicted octanol–water partition coefficient (Wildman–Crippen LogP) is 4.28. The van der Waals surface area contributed by atoms with E-state index in [0.29, 0.717) is 5.56 Å². The molecule has 1 N–H and O–H groups in total. The highest BCUT2D eigenvalue weighted by molar-refractivity contribution is 5.37. The maximum atomic E-state index is 13.4. The van der Waals surface area contributed by atoms with Crippen molar-refractivity contribution in [2.75, 3.05) is 6.54 Å². The first-order valence-corrected chi connectivity index (χ1v) is 6.77. The molecule has 0 aliphatic heterocycles. The maximum Gasteiger partial charge on any atom is 0.126 e. The van der Waals surface area contributed by atoms with Crippen LogP contribution in [0.5, 0.6) is 0 Å². The molecular formula is C17H19F2N. The van der Waals surface area contributed by atoms with Gasteiger partial charge >= 0.3 is 0 Å². The largest absolute Gasteiger partial charge is 0.307 e. The van der Waals surface area contributed by atoms with Gasteiger partial charge in [0.25, 0.3) is 0 Å². The first kappa shape index (κ1) is 14.7. The van der Waals surface area contributed by atoms with Crippen LogP contribution in [-0.2, 0) is 0 Å². The molecule has 0 spiro atoms. The van der Waals surface area contributed by atoms with Crippen LogP contribution in [0.4, 0.5) is 8.78 Å². The summed E-state index contributed by atoms with van der Waals surface area (Å²) < 4.78 is 26.8. The Morgan fingerprint density at radius 2 is 1.55 bits per heavy atom. The Morgan fingerprint density at radius 3 is 2.10 bits per heavy atom. The first-order chi connectivity index (χ1) is 9.51. The lowest BCUT2D eigenvalue weighted by Crippen LogP contribution is -2.22. The van der Waals surface area contributed by atoms with E-state index in [-0.39, 0.29) is 6.04 Å².